The van der Waals surface area contributed by atoms with Gasteiger partial charge in [-0.3, -0.25) is 9.59 Å². The predicted octanol–water partition coefficient (Wildman–Crippen LogP) is 4.00. The normalized spacial score (nSPS) is 10.5. The Balaban J connectivity index is 1.30. The van der Waals surface area contributed by atoms with Crippen molar-refractivity contribution in [1.82, 2.24) is 15.1 Å². The number of carbonyl (C=O) groups is 2. The fourth-order valence-electron chi connectivity index (χ4n) is 3.29. The summed E-state index contributed by atoms with van der Waals surface area (Å²) in [5.41, 5.74) is 2.18. The van der Waals surface area contributed by atoms with E-state index in [2.05, 4.69) is 15.7 Å². The average Bonchev–Trinajstić information content (AvgIpc) is 3.34. The minimum atomic E-state index is -0.538. The van der Waals surface area contributed by atoms with Crippen LogP contribution >= 0.6 is 0 Å². The maximum atomic E-state index is 13.7. The van der Waals surface area contributed by atoms with Gasteiger partial charge in [-0.25, -0.2) is 9.07 Å². The highest BCUT2D eigenvalue weighted by Crippen LogP contribution is 2.18. The lowest BCUT2D eigenvalue weighted by molar-refractivity contribution is -0.118. The van der Waals surface area contributed by atoms with E-state index in [1.807, 2.05) is 42.6 Å². The second kappa shape index (κ2) is 10.9. The third-order valence-corrected chi connectivity index (χ3v) is 4.97. The molecule has 0 saturated carbocycles. The van der Waals surface area contributed by atoms with Crippen LogP contribution in [0.25, 0.3) is 5.69 Å². The zero-order valence-corrected chi connectivity index (χ0v) is 18.3. The summed E-state index contributed by atoms with van der Waals surface area (Å²) in [4.78, 5) is 24.8. The summed E-state index contributed by atoms with van der Waals surface area (Å²) in [5, 5.41) is 9.83. The first-order valence-corrected chi connectivity index (χ1v) is 10.7. The first kappa shape index (κ1) is 22.7. The van der Waals surface area contributed by atoms with E-state index in [4.69, 9.17) is 4.74 Å². The molecule has 0 saturated heterocycles. The zero-order chi connectivity index (χ0) is 23.8. The predicted molar refractivity (Wildman–Crippen MR) is 127 cm³/mol. The highest BCUT2D eigenvalue weighted by Gasteiger charge is 2.14. The van der Waals surface area contributed by atoms with Crippen molar-refractivity contribution >= 4 is 17.5 Å². The Kier molecular flexibility index (Phi) is 7.29. The number of nitrogens with zero attached hydrogens (tertiary/aromatic N) is 2. The van der Waals surface area contributed by atoms with Gasteiger partial charge in [0.25, 0.3) is 11.8 Å². The van der Waals surface area contributed by atoms with E-state index in [0.29, 0.717) is 18.5 Å². The van der Waals surface area contributed by atoms with Crippen molar-refractivity contribution in [2.45, 2.75) is 6.42 Å². The number of carbonyl (C=O) groups excluding carboxylic acids is 2. The Morgan fingerprint density at radius 2 is 1.65 bits per heavy atom. The highest BCUT2D eigenvalue weighted by molar-refractivity contribution is 5.97. The lowest BCUT2D eigenvalue weighted by atomic mass is 10.2. The largest absolute Gasteiger partial charge is 0.483 e. The lowest BCUT2D eigenvalue weighted by Gasteiger charge is -2.12. The fraction of sp³-hybridized carbons (Fsp3) is 0.115. The van der Waals surface area contributed by atoms with Crippen molar-refractivity contribution in [1.29, 1.82) is 0 Å². The van der Waals surface area contributed by atoms with E-state index < -0.39 is 11.7 Å². The summed E-state index contributed by atoms with van der Waals surface area (Å²) in [6.45, 7) is 0.0162. The molecule has 8 heteroatoms. The van der Waals surface area contributed by atoms with Crippen molar-refractivity contribution in [3.8, 4) is 11.4 Å². The van der Waals surface area contributed by atoms with Crippen LogP contribution in [0.5, 0.6) is 5.75 Å². The van der Waals surface area contributed by atoms with Gasteiger partial charge in [-0.1, -0.05) is 42.5 Å². The molecule has 1 aromatic heterocycles. The molecule has 4 rings (SSSR count). The number of aromatic nitrogens is 2. The van der Waals surface area contributed by atoms with Crippen LogP contribution in [-0.2, 0) is 11.2 Å². The first-order chi connectivity index (χ1) is 16.6. The lowest BCUT2D eigenvalue weighted by Crippen LogP contribution is -2.27. The molecule has 3 aromatic carbocycles. The molecule has 0 aliphatic carbocycles. The van der Waals surface area contributed by atoms with E-state index in [9.17, 15) is 14.0 Å². The average molecular weight is 458 g/mol. The van der Waals surface area contributed by atoms with Crippen LogP contribution in [0.2, 0.25) is 0 Å². The number of hydrogen-bond donors (Lipinski definition) is 2. The summed E-state index contributed by atoms with van der Waals surface area (Å²) in [6.07, 6.45) is 2.43. The van der Waals surface area contributed by atoms with Crippen molar-refractivity contribution in [2.75, 3.05) is 18.5 Å². The van der Waals surface area contributed by atoms with Crippen LogP contribution in [0.3, 0.4) is 0 Å². The second-order valence-electron chi connectivity index (χ2n) is 7.41. The van der Waals surface area contributed by atoms with E-state index in [0.717, 1.165) is 11.4 Å². The Labute approximate surface area is 196 Å². The minimum Gasteiger partial charge on any atom is -0.483 e. The van der Waals surface area contributed by atoms with Gasteiger partial charge in [0.05, 0.1) is 22.6 Å². The number of nitrogens with one attached hydrogen (secondary N) is 2. The van der Waals surface area contributed by atoms with Crippen molar-refractivity contribution in [2.24, 2.45) is 0 Å². The van der Waals surface area contributed by atoms with Gasteiger partial charge in [-0.2, -0.15) is 5.10 Å². The van der Waals surface area contributed by atoms with Gasteiger partial charge in [-0.15, -0.1) is 0 Å². The summed E-state index contributed by atoms with van der Waals surface area (Å²) in [6, 6.07) is 24.2. The van der Waals surface area contributed by atoms with Gasteiger partial charge in [0.15, 0.2) is 6.61 Å². The topological polar surface area (TPSA) is 85.2 Å². The molecule has 0 bridgehead atoms. The molecule has 172 valence electrons. The summed E-state index contributed by atoms with van der Waals surface area (Å²) in [5.74, 6) is -1.14. The molecule has 0 aliphatic heterocycles. The molecule has 0 aliphatic rings. The van der Waals surface area contributed by atoms with Crippen molar-refractivity contribution in [3.63, 3.8) is 0 Å². The maximum absolute atomic E-state index is 13.7. The third-order valence-electron chi connectivity index (χ3n) is 4.97. The minimum absolute atomic E-state index is 0.0665. The molecule has 0 atom stereocenters. The molecular formula is C26H23FN4O3. The third kappa shape index (κ3) is 5.86. The molecule has 4 aromatic rings. The Bertz CT molecular complexity index is 1270. The van der Waals surface area contributed by atoms with Gasteiger partial charge >= 0.3 is 0 Å². The van der Waals surface area contributed by atoms with Crippen LogP contribution in [0, 0.1) is 5.82 Å². The van der Waals surface area contributed by atoms with Crippen molar-refractivity contribution < 1.29 is 18.7 Å². The van der Waals surface area contributed by atoms with Gasteiger partial charge in [0, 0.05) is 19.2 Å². The summed E-state index contributed by atoms with van der Waals surface area (Å²) < 4.78 is 21.0. The molecule has 2 N–H and O–H groups in total. The van der Waals surface area contributed by atoms with Crippen LogP contribution in [0.1, 0.15) is 16.1 Å². The van der Waals surface area contributed by atoms with Gasteiger partial charge in [0.2, 0.25) is 0 Å². The number of rotatable bonds is 9. The van der Waals surface area contributed by atoms with E-state index in [-0.39, 0.29) is 24.0 Å². The maximum Gasteiger partial charge on any atom is 0.262 e. The fourth-order valence-corrected chi connectivity index (χ4v) is 3.29. The monoisotopic (exact) mass is 458 g/mol. The molecule has 34 heavy (non-hydrogen) atoms. The Morgan fingerprint density at radius 1 is 0.912 bits per heavy atom. The van der Waals surface area contributed by atoms with E-state index in [1.54, 1.807) is 35.0 Å². The molecule has 7 nitrogen and oxygen atoms in total. The van der Waals surface area contributed by atoms with Crippen molar-refractivity contribution in [3.05, 3.63) is 108 Å². The number of benzene rings is 3. The highest BCUT2D eigenvalue weighted by atomic mass is 19.1. The van der Waals surface area contributed by atoms with E-state index >= 15 is 0 Å². The molecule has 1 heterocycles. The Morgan fingerprint density at radius 3 is 2.47 bits per heavy atom. The summed E-state index contributed by atoms with van der Waals surface area (Å²) in [7, 11) is 0. The number of halogens is 1. The van der Waals surface area contributed by atoms with Crippen LogP contribution in [-0.4, -0.2) is 34.7 Å². The Hall–Kier alpha value is -4.46. The van der Waals surface area contributed by atoms with Gasteiger partial charge in [-0.05, 0) is 42.5 Å². The number of anilines is 1. The van der Waals surface area contributed by atoms with Crippen LogP contribution in [0.4, 0.5) is 10.1 Å². The summed E-state index contributed by atoms with van der Waals surface area (Å²) >= 11 is 0. The first-order valence-electron chi connectivity index (χ1n) is 10.7. The molecular weight excluding hydrogens is 435 g/mol. The molecule has 0 radical (unpaired) electrons. The molecule has 0 spiro atoms. The number of ether oxygens (including phenoxy) is 1. The smallest absolute Gasteiger partial charge is 0.262 e. The van der Waals surface area contributed by atoms with Crippen LogP contribution < -0.4 is 15.4 Å². The van der Waals surface area contributed by atoms with Gasteiger partial charge < -0.3 is 15.4 Å². The van der Waals surface area contributed by atoms with Crippen LogP contribution in [0.15, 0.2) is 91.1 Å². The quantitative estimate of drug-likeness (QED) is 0.397. The number of para-hydroxylation sites is 3. The van der Waals surface area contributed by atoms with Gasteiger partial charge in [0.1, 0.15) is 11.6 Å². The zero-order valence-electron chi connectivity index (χ0n) is 18.3. The number of amides is 2. The second-order valence-corrected chi connectivity index (χ2v) is 7.41. The van der Waals surface area contributed by atoms with E-state index in [1.165, 1.54) is 18.2 Å². The molecule has 0 fully saturated rings. The molecule has 2 amide bonds. The number of hydrogen-bond acceptors (Lipinski definition) is 4. The molecule has 0 unspecified atom stereocenters. The SMILES string of the molecule is O=C(COc1ccccc1C(=O)NCCc1ccn(-c2ccccc2)n1)Nc1ccccc1F. The standard InChI is InChI=1S/C26H23FN4O3/c27-22-11-5-6-12-23(22)29-25(32)18-34-24-13-7-4-10-21(24)26(33)28-16-14-19-15-17-31(30-19)20-8-2-1-3-9-20/h1-13,15,17H,14,16,18H2,(H,28,33)(H,29,32).